The Balaban J connectivity index is 1.76. The van der Waals surface area contributed by atoms with Gasteiger partial charge in [-0.3, -0.25) is 25.7 Å². The maximum Gasteiger partial charge on any atom is 0.301 e. The molecule has 3 rings (SSSR count). The molecule has 8 nitrogen and oxygen atoms in total. The van der Waals surface area contributed by atoms with Crippen LogP contribution in [0.2, 0.25) is 0 Å². The number of hydrogen-bond acceptors (Lipinski definition) is 6. The number of hydrazone groups is 1. The van der Waals surface area contributed by atoms with Crippen molar-refractivity contribution in [3.63, 3.8) is 0 Å². The van der Waals surface area contributed by atoms with E-state index in [0.29, 0.717) is 5.71 Å². The van der Waals surface area contributed by atoms with Crippen LogP contribution in [-0.2, 0) is 0 Å². The molecule has 0 saturated heterocycles. The van der Waals surface area contributed by atoms with Crippen molar-refractivity contribution in [3.05, 3.63) is 105 Å². The van der Waals surface area contributed by atoms with Gasteiger partial charge in [-0.25, -0.2) is 0 Å². The molecule has 0 aliphatic heterocycles. The van der Waals surface area contributed by atoms with E-state index in [1.54, 1.807) is 6.92 Å². The van der Waals surface area contributed by atoms with Gasteiger partial charge in [-0.1, -0.05) is 54.6 Å². The summed E-state index contributed by atoms with van der Waals surface area (Å²) in [5.74, 6) is 0. The van der Waals surface area contributed by atoms with E-state index in [9.17, 15) is 20.2 Å². The summed E-state index contributed by atoms with van der Waals surface area (Å²) in [6, 6.07) is 21.6. The number of nitro benzene ring substituents is 2. The maximum absolute atomic E-state index is 11.2. The van der Waals surface area contributed by atoms with Crippen LogP contribution in [0.15, 0.2) is 84.0 Å². The van der Waals surface area contributed by atoms with E-state index in [1.807, 2.05) is 55.5 Å². The fourth-order valence-corrected chi connectivity index (χ4v) is 3.01. The summed E-state index contributed by atoms with van der Waals surface area (Å²) in [6.45, 7) is 3.71. The zero-order valence-corrected chi connectivity index (χ0v) is 17.0. The monoisotopic (exact) mass is 416 g/mol. The largest absolute Gasteiger partial charge is 0.301 e. The van der Waals surface area contributed by atoms with E-state index >= 15 is 0 Å². The summed E-state index contributed by atoms with van der Waals surface area (Å²) in [7, 11) is 0. The van der Waals surface area contributed by atoms with Gasteiger partial charge in [0.05, 0.1) is 21.6 Å². The van der Waals surface area contributed by atoms with Crippen LogP contribution in [0, 0.1) is 20.2 Å². The zero-order chi connectivity index (χ0) is 22.4. The highest BCUT2D eigenvalue weighted by Crippen LogP contribution is 2.29. The third-order valence-corrected chi connectivity index (χ3v) is 4.61. The van der Waals surface area contributed by atoms with Crippen LogP contribution in [0.25, 0.3) is 16.7 Å². The molecule has 0 heterocycles. The van der Waals surface area contributed by atoms with Gasteiger partial charge in [0, 0.05) is 6.07 Å². The van der Waals surface area contributed by atoms with Crippen LogP contribution in [0.4, 0.5) is 17.1 Å². The molecule has 0 unspecified atom stereocenters. The average molecular weight is 416 g/mol. The van der Waals surface area contributed by atoms with E-state index < -0.39 is 15.5 Å². The van der Waals surface area contributed by atoms with Crippen LogP contribution in [0.3, 0.4) is 0 Å². The molecule has 0 aliphatic rings. The number of nitro groups is 2. The maximum atomic E-state index is 11.2. The molecular formula is C23H20N4O4. The Morgan fingerprint density at radius 1 is 0.871 bits per heavy atom. The number of allylic oxidation sites excluding steroid dienone is 2. The Bertz CT molecular complexity index is 1170. The van der Waals surface area contributed by atoms with Gasteiger partial charge in [0.1, 0.15) is 5.69 Å². The molecule has 0 aliphatic carbocycles. The zero-order valence-electron chi connectivity index (χ0n) is 17.0. The number of non-ortho nitro benzene ring substituents is 1. The lowest BCUT2D eigenvalue weighted by Gasteiger charge is -2.06. The third kappa shape index (κ3) is 5.39. The van der Waals surface area contributed by atoms with Crippen LogP contribution in [0.1, 0.15) is 19.4 Å². The molecule has 3 aromatic carbocycles. The summed E-state index contributed by atoms with van der Waals surface area (Å²) >= 11 is 0. The molecule has 3 aromatic rings. The topological polar surface area (TPSA) is 111 Å². The number of rotatable bonds is 7. The normalized spacial score (nSPS) is 11.8. The van der Waals surface area contributed by atoms with Gasteiger partial charge in [0.15, 0.2) is 0 Å². The van der Waals surface area contributed by atoms with Crippen molar-refractivity contribution in [2.24, 2.45) is 5.10 Å². The lowest BCUT2D eigenvalue weighted by molar-refractivity contribution is -0.393. The number of nitrogens with one attached hydrogen (secondary N) is 1. The van der Waals surface area contributed by atoms with Crippen molar-refractivity contribution >= 4 is 28.3 Å². The minimum absolute atomic E-state index is 0.0771. The number of benzene rings is 3. The lowest BCUT2D eigenvalue weighted by atomic mass is 10.0. The molecule has 0 saturated carbocycles. The van der Waals surface area contributed by atoms with E-state index in [0.717, 1.165) is 28.3 Å². The molecule has 0 radical (unpaired) electrons. The minimum Gasteiger partial charge on any atom is -0.271 e. The number of hydrogen-bond donors (Lipinski definition) is 1. The van der Waals surface area contributed by atoms with Crippen molar-refractivity contribution < 1.29 is 9.85 Å². The van der Waals surface area contributed by atoms with Crippen LogP contribution >= 0.6 is 0 Å². The first-order chi connectivity index (χ1) is 14.8. The van der Waals surface area contributed by atoms with Gasteiger partial charge in [0.2, 0.25) is 0 Å². The summed E-state index contributed by atoms with van der Waals surface area (Å²) in [5.41, 5.74) is 6.79. The summed E-state index contributed by atoms with van der Waals surface area (Å²) in [4.78, 5) is 20.7. The molecule has 156 valence electrons. The van der Waals surface area contributed by atoms with Crippen LogP contribution < -0.4 is 5.43 Å². The van der Waals surface area contributed by atoms with Gasteiger partial charge in [-0.05, 0) is 48.3 Å². The summed E-state index contributed by atoms with van der Waals surface area (Å²) < 4.78 is 0. The molecule has 0 bridgehead atoms. The molecule has 0 fully saturated rings. The smallest absolute Gasteiger partial charge is 0.271 e. The van der Waals surface area contributed by atoms with Crippen molar-refractivity contribution in [3.8, 4) is 11.1 Å². The Morgan fingerprint density at radius 2 is 1.52 bits per heavy atom. The van der Waals surface area contributed by atoms with Gasteiger partial charge < -0.3 is 0 Å². The van der Waals surface area contributed by atoms with Crippen molar-refractivity contribution in [1.82, 2.24) is 0 Å². The van der Waals surface area contributed by atoms with E-state index in [1.165, 1.54) is 12.1 Å². The SMILES string of the molecule is CC(/C=C(\C)c1ccc(-c2ccccc2)cc1)=NNc1ccc([N+](=O)[O-])cc1[N+](=O)[O-]. The highest BCUT2D eigenvalue weighted by Gasteiger charge is 2.19. The number of nitrogens with zero attached hydrogens (tertiary/aromatic N) is 3. The van der Waals surface area contributed by atoms with Crippen LogP contribution in [0.5, 0.6) is 0 Å². The molecule has 8 heteroatoms. The molecule has 0 amide bonds. The predicted octanol–water partition coefficient (Wildman–Crippen LogP) is 6.06. The summed E-state index contributed by atoms with van der Waals surface area (Å²) in [5, 5.41) is 26.2. The lowest BCUT2D eigenvalue weighted by Crippen LogP contribution is -2.00. The second-order valence-corrected chi connectivity index (χ2v) is 6.85. The van der Waals surface area contributed by atoms with E-state index in [2.05, 4.69) is 22.7 Å². The fourth-order valence-electron chi connectivity index (χ4n) is 3.01. The minimum atomic E-state index is -0.685. The first kappa shape index (κ1) is 21.4. The fraction of sp³-hybridized carbons (Fsp3) is 0.0870. The van der Waals surface area contributed by atoms with Crippen molar-refractivity contribution in [2.75, 3.05) is 5.43 Å². The summed E-state index contributed by atoms with van der Waals surface area (Å²) in [6.07, 6.45) is 1.85. The number of anilines is 1. The quantitative estimate of drug-likeness (QED) is 0.286. The molecule has 0 aromatic heterocycles. The van der Waals surface area contributed by atoms with Crippen LogP contribution in [-0.4, -0.2) is 15.6 Å². The van der Waals surface area contributed by atoms with Gasteiger partial charge in [0.25, 0.3) is 5.69 Å². The van der Waals surface area contributed by atoms with Gasteiger partial charge in [-0.15, -0.1) is 0 Å². The highest BCUT2D eigenvalue weighted by molar-refractivity contribution is 5.99. The highest BCUT2D eigenvalue weighted by atomic mass is 16.6. The molecule has 0 spiro atoms. The Morgan fingerprint density at radius 3 is 2.13 bits per heavy atom. The molecule has 1 N–H and O–H groups in total. The van der Waals surface area contributed by atoms with Gasteiger partial charge in [-0.2, -0.15) is 5.10 Å². The predicted molar refractivity (Wildman–Crippen MR) is 122 cm³/mol. The van der Waals surface area contributed by atoms with E-state index in [-0.39, 0.29) is 11.4 Å². The van der Waals surface area contributed by atoms with E-state index in [4.69, 9.17) is 0 Å². The second-order valence-electron chi connectivity index (χ2n) is 6.85. The average Bonchev–Trinajstić information content (AvgIpc) is 2.78. The Kier molecular flexibility index (Phi) is 6.51. The second kappa shape index (κ2) is 9.45. The van der Waals surface area contributed by atoms with Gasteiger partial charge >= 0.3 is 5.69 Å². The Labute approximate surface area is 178 Å². The molecule has 31 heavy (non-hydrogen) atoms. The standard InChI is InChI=1S/C23H20N4O4/c1-16(18-8-10-20(11-9-18)19-6-4-3-5-7-19)14-17(2)24-25-22-13-12-21(26(28)29)15-23(22)27(30)31/h3-15,25H,1-2H3/b16-14+,24-17?. The first-order valence-corrected chi connectivity index (χ1v) is 9.42. The Hall–Kier alpha value is -4.33. The molecule has 0 atom stereocenters. The molecular weight excluding hydrogens is 396 g/mol. The van der Waals surface area contributed by atoms with Crippen molar-refractivity contribution in [1.29, 1.82) is 0 Å². The first-order valence-electron chi connectivity index (χ1n) is 9.42. The van der Waals surface area contributed by atoms with Crippen molar-refractivity contribution in [2.45, 2.75) is 13.8 Å². The third-order valence-electron chi connectivity index (χ3n) is 4.61.